The van der Waals surface area contributed by atoms with Crippen LogP contribution in [0.25, 0.3) is 11.2 Å². The van der Waals surface area contributed by atoms with E-state index in [1.807, 2.05) is 13.8 Å². The Morgan fingerprint density at radius 1 is 1.31 bits per heavy atom. The summed E-state index contributed by atoms with van der Waals surface area (Å²) in [6.45, 7) is 3.08. The van der Waals surface area contributed by atoms with Crippen LogP contribution in [0.4, 0.5) is 23.4 Å². The first-order valence-corrected chi connectivity index (χ1v) is 9.14. The average Bonchev–Trinajstić information content (AvgIpc) is 2.96. The molecule has 2 aliphatic rings. The number of hydrogen-bond acceptors (Lipinski definition) is 7. The summed E-state index contributed by atoms with van der Waals surface area (Å²) in [5, 5.41) is 22.1. The minimum absolute atomic E-state index is 0.0596. The third-order valence-corrected chi connectivity index (χ3v) is 5.34. The van der Waals surface area contributed by atoms with Crippen LogP contribution in [-0.4, -0.2) is 48.2 Å². The van der Waals surface area contributed by atoms with Gasteiger partial charge in [0.2, 0.25) is 5.82 Å². The number of anilines is 1. The van der Waals surface area contributed by atoms with Crippen molar-refractivity contribution in [3.05, 3.63) is 23.7 Å². The fraction of sp³-hybridized carbons (Fsp3) is 0.588. The number of alkyl halides is 4. The Morgan fingerprint density at radius 2 is 2.00 bits per heavy atom. The molecule has 3 N–H and O–H groups in total. The summed E-state index contributed by atoms with van der Waals surface area (Å²) < 4.78 is 61.2. The second-order valence-corrected chi connectivity index (χ2v) is 7.06. The van der Waals surface area contributed by atoms with Crippen molar-refractivity contribution in [2.75, 3.05) is 11.9 Å². The molecule has 29 heavy (non-hydrogen) atoms. The number of ether oxygens (including phenoxy) is 1. The number of imidazole rings is 1. The molecule has 1 fully saturated rings. The number of halogens is 4. The van der Waals surface area contributed by atoms with Gasteiger partial charge in [0, 0.05) is 6.04 Å². The first-order chi connectivity index (χ1) is 13.7. The van der Waals surface area contributed by atoms with Crippen LogP contribution in [0.2, 0.25) is 0 Å². The van der Waals surface area contributed by atoms with Crippen LogP contribution in [0.5, 0.6) is 0 Å². The highest BCUT2D eigenvalue weighted by molar-refractivity contribution is 5.83. The SMILES string of the molecule is CCC(CC)Nc1nc(C(F)(F)F)nc2c1ncn2[C@H]1C2C(O)=C(CO)OC21F. The van der Waals surface area contributed by atoms with E-state index in [0.717, 1.165) is 10.9 Å². The van der Waals surface area contributed by atoms with Gasteiger partial charge in [0.1, 0.15) is 29.8 Å². The number of rotatable bonds is 6. The highest BCUT2D eigenvalue weighted by Gasteiger charge is 2.77. The molecule has 1 aliphatic carbocycles. The lowest BCUT2D eigenvalue weighted by atomic mass is 10.2. The molecule has 0 bridgehead atoms. The molecule has 0 spiro atoms. The first kappa shape index (κ1) is 19.7. The average molecular weight is 417 g/mol. The van der Waals surface area contributed by atoms with Crippen LogP contribution in [0.1, 0.15) is 38.6 Å². The molecule has 158 valence electrons. The Balaban J connectivity index is 1.81. The summed E-state index contributed by atoms with van der Waals surface area (Å²) in [6, 6.07) is -1.28. The number of aliphatic hydroxyl groups is 2. The molecular weight excluding hydrogens is 398 g/mol. The normalized spacial score (nSPS) is 26.2. The summed E-state index contributed by atoms with van der Waals surface area (Å²) in [5.74, 6) is -5.76. The zero-order chi connectivity index (χ0) is 21.1. The van der Waals surface area contributed by atoms with Crippen molar-refractivity contribution in [1.29, 1.82) is 0 Å². The standard InChI is InChI=1S/C17H19F4N5O3/c1-3-7(4-2)23-13-10-14(25-15(24-13)17(19,20)21)26(6-22-10)12-9-11(28)8(5-27)29-16(9,12)18/h6-7,9,12,27-28H,3-5H2,1-2H3,(H,23,24,25)/t9?,12-,16?/m0/s1. The number of aliphatic hydroxyl groups excluding tert-OH is 2. The zero-order valence-electron chi connectivity index (χ0n) is 15.5. The van der Waals surface area contributed by atoms with Gasteiger partial charge < -0.3 is 24.8 Å². The predicted molar refractivity (Wildman–Crippen MR) is 92.5 cm³/mol. The van der Waals surface area contributed by atoms with Crippen LogP contribution < -0.4 is 5.32 Å². The Morgan fingerprint density at radius 3 is 2.52 bits per heavy atom. The van der Waals surface area contributed by atoms with Gasteiger partial charge in [0.25, 0.3) is 5.85 Å². The molecule has 2 aromatic heterocycles. The quantitative estimate of drug-likeness (QED) is 0.621. The second kappa shape index (κ2) is 6.44. The van der Waals surface area contributed by atoms with Gasteiger partial charge in [-0.3, -0.25) is 0 Å². The van der Waals surface area contributed by atoms with Crippen LogP contribution >= 0.6 is 0 Å². The van der Waals surface area contributed by atoms with Crippen molar-refractivity contribution in [3.63, 3.8) is 0 Å². The van der Waals surface area contributed by atoms with Crippen LogP contribution in [0.3, 0.4) is 0 Å². The Labute approximate surface area is 162 Å². The lowest BCUT2D eigenvalue weighted by Crippen LogP contribution is -2.21. The molecule has 1 aliphatic heterocycles. The molecule has 0 saturated heterocycles. The van der Waals surface area contributed by atoms with E-state index in [-0.39, 0.29) is 28.8 Å². The molecule has 3 heterocycles. The summed E-state index contributed by atoms with van der Waals surface area (Å²) in [7, 11) is 0. The molecule has 2 unspecified atom stereocenters. The van der Waals surface area contributed by atoms with E-state index in [1.165, 1.54) is 0 Å². The van der Waals surface area contributed by atoms with Gasteiger partial charge in [-0.1, -0.05) is 13.8 Å². The van der Waals surface area contributed by atoms with Gasteiger partial charge in [-0.25, -0.2) is 15.0 Å². The fourth-order valence-corrected chi connectivity index (χ4v) is 3.69. The predicted octanol–water partition coefficient (Wildman–Crippen LogP) is 3.07. The number of nitrogens with one attached hydrogen (secondary N) is 1. The maximum atomic E-state index is 15.0. The minimum Gasteiger partial charge on any atom is -0.508 e. The van der Waals surface area contributed by atoms with Gasteiger partial charge in [0.05, 0.1) is 6.33 Å². The van der Waals surface area contributed by atoms with Gasteiger partial charge in [0.15, 0.2) is 17.2 Å². The minimum atomic E-state index is -4.82. The molecular formula is C17H19F4N5O3. The van der Waals surface area contributed by atoms with Crippen molar-refractivity contribution in [2.45, 2.75) is 50.8 Å². The highest BCUT2D eigenvalue weighted by atomic mass is 19.4. The summed E-state index contributed by atoms with van der Waals surface area (Å²) in [4.78, 5) is 11.2. The van der Waals surface area contributed by atoms with Crippen molar-refractivity contribution in [2.24, 2.45) is 5.92 Å². The Bertz CT molecular complexity index is 987. The molecule has 2 aromatic rings. The second-order valence-electron chi connectivity index (χ2n) is 7.06. The molecule has 0 amide bonds. The maximum absolute atomic E-state index is 15.0. The third kappa shape index (κ3) is 2.88. The van der Waals surface area contributed by atoms with E-state index in [0.29, 0.717) is 12.8 Å². The van der Waals surface area contributed by atoms with E-state index in [2.05, 4.69) is 20.3 Å². The molecule has 1 saturated carbocycles. The first-order valence-electron chi connectivity index (χ1n) is 9.14. The van der Waals surface area contributed by atoms with Gasteiger partial charge in [-0.15, -0.1) is 0 Å². The summed E-state index contributed by atoms with van der Waals surface area (Å²) in [6.07, 6.45) is -2.36. The van der Waals surface area contributed by atoms with Crippen molar-refractivity contribution < 1.29 is 32.5 Å². The number of hydrogen-bond donors (Lipinski definition) is 3. The third-order valence-electron chi connectivity index (χ3n) is 5.34. The smallest absolute Gasteiger partial charge is 0.451 e. The molecule has 4 rings (SSSR count). The van der Waals surface area contributed by atoms with Crippen molar-refractivity contribution in [3.8, 4) is 0 Å². The Hall–Kier alpha value is -2.63. The summed E-state index contributed by atoms with van der Waals surface area (Å²) in [5.41, 5.74) is -0.163. The molecule has 0 aromatic carbocycles. The number of fused-ring (bicyclic) bond motifs is 2. The lowest BCUT2D eigenvalue weighted by molar-refractivity contribution is -0.144. The lowest BCUT2D eigenvalue weighted by Gasteiger charge is -2.17. The summed E-state index contributed by atoms with van der Waals surface area (Å²) >= 11 is 0. The van der Waals surface area contributed by atoms with Crippen LogP contribution in [0.15, 0.2) is 17.8 Å². The van der Waals surface area contributed by atoms with E-state index in [9.17, 15) is 18.3 Å². The molecule has 12 heteroatoms. The number of nitrogens with zero attached hydrogens (tertiary/aromatic N) is 4. The topological polar surface area (TPSA) is 105 Å². The van der Waals surface area contributed by atoms with E-state index < -0.39 is 42.2 Å². The van der Waals surface area contributed by atoms with Gasteiger partial charge >= 0.3 is 6.18 Å². The fourth-order valence-electron chi connectivity index (χ4n) is 3.69. The van der Waals surface area contributed by atoms with Crippen molar-refractivity contribution in [1.82, 2.24) is 19.5 Å². The highest BCUT2D eigenvalue weighted by Crippen LogP contribution is 2.66. The van der Waals surface area contributed by atoms with Crippen LogP contribution in [-0.2, 0) is 10.9 Å². The molecule has 0 radical (unpaired) electrons. The number of aromatic nitrogens is 4. The monoisotopic (exact) mass is 417 g/mol. The molecule has 3 atom stereocenters. The van der Waals surface area contributed by atoms with Gasteiger partial charge in [-0.2, -0.15) is 17.6 Å². The Kier molecular flexibility index (Phi) is 4.37. The zero-order valence-corrected chi connectivity index (χ0v) is 15.5. The van der Waals surface area contributed by atoms with E-state index in [4.69, 9.17) is 9.84 Å². The van der Waals surface area contributed by atoms with Crippen molar-refractivity contribution >= 4 is 17.0 Å². The van der Waals surface area contributed by atoms with Crippen LogP contribution in [0, 0.1) is 5.92 Å². The van der Waals surface area contributed by atoms with E-state index >= 15 is 4.39 Å². The van der Waals surface area contributed by atoms with Gasteiger partial charge in [-0.05, 0) is 12.8 Å². The largest absolute Gasteiger partial charge is 0.508 e. The van der Waals surface area contributed by atoms with E-state index in [1.54, 1.807) is 0 Å². The molecule has 8 nitrogen and oxygen atoms in total. The maximum Gasteiger partial charge on any atom is 0.451 e.